The van der Waals surface area contributed by atoms with Crippen molar-refractivity contribution >= 4 is 59.9 Å². The molecule has 0 saturated heterocycles. The van der Waals surface area contributed by atoms with E-state index in [9.17, 15) is 0 Å². The fraction of sp³-hybridized carbons (Fsp3) is 0.0204. The predicted molar refractivity (Wildman–Crippen MR) is 215 cm³/mol. The van der Waals surface area contributed by atoms with Gasteiger partial charge in [0.1, 0.15) is 0 Å². The monoisotopic (exact) mass is 646 g/mol. The Morgan fingerprint density at radius 1 is 0.353 bits per heavy atom. The fourth-order valence-electron chi connectivity index (χ4n) is 9.26. The van der Waals surface area contributed by atoms with E-state index in [0.717, 1.165) is 6.42 Å². The molecule has 0 atom stereocenters. The molecule has 0 unspecified atom stereocenters. The Balaban J connectivity index is 1.09. The lowest BCUT2D eigenvalue weighted by molar-refractivity contribution is 1.18. The Morgan fingerprint density at radius 3 is 1.82 bits per heavy atom. The first-order chi connectivity index (χ1) is 25.3. The van der Waals surface area contributed by atoms with Crippen molar-refractivity contribution in [1.82, 2.24) is 8.97 Å². The summed E-state index contributed by atoms with van der Waals surface area (Å²) in [6, 6.07) is 63.1. The Morgan fingerprint density at radius 2 is 0.961 bits per heavy atom. The van der Waals surface area contributed by atoms with Crippen LogP contribution < -0.4 is 0 Å². The molecular weight excluding hydrogens is 617 g/mol. The summed E-state index contributed by atoms with van der Waals surface area (Å²) in [7, 11) is 0. The SMILES string of the molecule is c1ccc(-n2c3ccc(-c4ccc5c6cccc7c8ccccc8n(c5c4)c76)cc3c3cc(-c4cccc5c4Cc4ccccc4-5)ccc32)cc1. The van der Waals surface area contributed by atoms with Crippen LogP contribution in [0.25, 0.3) is 99.0 Å². The van der Waals surface area contributed by atoms with Crippen molar-refractivity contribution in [2.24, 2.45) is 0 Å². The highest BCUT2D eigenvalue weighted by molar-refractivity contribution is 6.23. The van der Waals surface area contributed by atoms with Gasteiger partial charge in [-0.05, 0) is 99.5 Å². The zero-order valence-corrected chi connectivity index (χ0v) is 27.8. The molecule has 0 radical (unpaired) electrons. The third-order valence-electron chi connectivity index (χ3n) is 11.5. The van der Waals surface area contributed by atoms with Gasteiger partial charge in [0, 0.05) is 38.0 Å². The van der Waals surface area contributed by atoms with Gasteiger partial charge in [-0.15, -0.1) is 0 Å². The Hall–Kier alpha value is -6.64. The third kappa shape index (κ3) is 3.66. The first-order valence-electron chi connectivity index (χ1n) is 17.8. The third-order valence-corrected chi connectivity index (χ3v) is 11.5. The molecule has 11 aromatic rings. The van der Waals surface area contributed by atoms with Gasteiger partial charge in [-0.1, -0.05) is 121 Å². The number of rotatable bonds is 3. The minimum absolute atomic E-state index is 0.973. The number of hydrogen-bond acceptors (Lipinski definition) is 0. The van der Waals surface area contributed by atoms with Gasteiger partial charge >= 0.3 is 0 Å². The molecule has 3 heterocycles. The molecule has 1 aliphatic carbocycles. The van der Waals surface area contributed by atoms with E-state index >= 15 is 0 Å². The fourth-order valence-corrected chi connectivity index (χ4v) is 9.26. The minimum atomic E-state index is 0.973. The van der Waals surface area contributed by atoms with E-state index in [0.29, 0.717) is 0 Å². The summed E-state index contributed by atoms with van der Waals surface area (Å²) in [5, 5.41) is 7.78. The van der Waals surface area contributed by atoms with Crippen LogP contribution >= 0.6 is 0 Å². The number of aromatic nitrogens is 2. The molecule has 0 N–H and O–H groups in total. The van der Waals surface area contributed by atoms with Crippen LogP contribution in [0.4, 0.5) is 0 Å². The summed E-state index contributed by atoms with van der Waals surface area (Å²) in [6.07, 6.45) is 0.973. The first-order valence-corrected chi connectivity index (χ1v) is 17.8. The van der Waals surface area contributed by atoms with Crippen LogP contribution in [-0.4, -0.2) is 8.97 Å². The molecule has 1 aliphatic rings. The number of hydrogen-bond donors (Lipinski definition) is 0. The molecule has 51 heavy (non-hydrogen) atoms. The van der Waals surface area contributed by atoms with E-state index in [2.05, 4.69) is 179 Å². The normalized spacial score (nSPS) is 12.6. The van der Waals surface area contributed by atoms with Gasteiger partial charge in [0.05, 0.1) is 27.6 Å². The van der Waals surface area contributed by atoms with Gasteiger partial charge in [-0.3, -0.25) is 0 Å². The summed E-state index contributed by atoms with van der Waals surface area (Å²) < 4.78 is 4.90. The van der Waals surface area contributed by atoms with E-state index < -0.39 is 0 Å². The minimum Gasteiger partial charge on any atom is -0.309 e. The van der Waals surface area contributed by atoms with Crippen LogP contribution in [0.3, 0.4) is 0 Å². The average molecular weight is 647 g/mol. The lowest BCUT2D eigenvalue weighted by Gasteiger charge is -2.11. The van der Waals surface area contributed by atoms with Crippen molar-refractivity contribution in [3.8, 4) is 39.1 Å². The maximum absolute atomic E-state index is 2.47. The number of para-hydroxylation sites is 3. The molecule has 0 saturated carbocycles. The van der Waals surface area contributed by atoms with Crippen LogP contribution in [0.2, 0.25) is 0 Å². The van der Waals surface area contributed by atoms with Crippen LogP contribution in [0, 0.1) is 0 Å². The molecule has 0 spiro atoms. The second-order valence-corrected chi connectivity index (χ2v) is 14.1. The molecule has 2 heteroatoms. The molecule has 0 fully saturated rings. The maximum atomic E-state index is 2.47. The molecule has 236 valence electrons. The highest BCUT2D eigenvalue weighted by Gasteiger charge is 2.23. The summed E-state index contributed by atoms with van der Waals surface area (Å²) in [5.41, 5.74) is 18.1. The zero-order valence-electron chi connectivity index (χ0n) is 27.8. The molecule has 8 aromatic carbocycles. The average Bonchev–Trinajstić information content (AvgIpc) is 3.93. The van der Waals surface area contributed by atoms with Crippen molar-refractivity contribution < 1.29 is 0 Å². The smallest absolute Gasteiger partial charge is 0.0620 e. The van der Waals surface area contributed by atoms with E-state index in [-0.39, 0.29) is 0 Å². The summed E-state index contributed by atoms with van der Waals surface area (Å²) >= 11 is 0. The van der Waals surface area contributed by atoms with Gasteiger partial charge in [0.15, 0.2) is 0 Å². The topological polar surface area (TPSA) is 9.34 Å². The molecular formula is C49H30N2. The molecule has 3 aromatic heterocycles. The lowest BCUT2D eigenvalue weighted by Crippen LogP contribution is -1.93. The van der Waals surface area contributed by atoms with E-state index in [1.165, 1.54) is 110 Å². The molecule has 0 bridgehead atoms. The van der Waals surface area contributed by atoms with Crippen LogP contribution in [-0.2, 0) is 6.42 Å². The largest absolute Gasteiger partial charge is 0.309 e. The van der Waals surface area contributed by atoms with E-state index in [4.69, 9.17) is 0 Å². The van der Waals surface area contributed by atoms with E-state index in [1.54, 1.807) is 0 Å². The van der Waals surface area contributed by atoms with Crippen LogP contribution in [0.1, 0.15) is 11.1 Å². The van der Waals surface area contributed by atoms with Gasteiger partial charge in [0.2, 0.25) is 0 Å². The van der Waals surface area contributed by atoms with Gasteiger partial charge < -0.3 is 8.97 Å². The second kappa shape index (κ2) is 9.97. The predicted octanol–water partition coefficient (Wildman–Crippen LogP) is 12.8. The Labute approximate surface area is 294 Å². The number of fused-ring (bicyclic) bond motifs is 12. The zero-order chi connectivity index (χ0) is 33.2. The number of benzene rings is 8. The molecule has 12 rings (SSSR count). The Bertz CT molecular complexity index is 3210. The van der Waals surface area contributed by atoms with Crippen molar-refractivity contribution in [3.63, 3.8) is 0 Å². The Kier molecular flexibility index (Phi) is 5.32. The highest BCUT2D eigenvalue weighted by Crippen LogP contribution is 2.44. The number of nitrogens with zero attached hydrogens (tertiary/aromatic N) is 2. The van der Waals surface area contributed by atoms with Crippen molar-refractivity contribution in [2.45, 2.75) is 6.42 Å². The molecule has 0 amide bonds. The maximum Gasteiger partial charge on any atom is 0.0620 e. The molecule has 2 nitrogen and oxygen atoms in total. The van der Waals surface area contributed by atoms with Gasteiger partial charge in [-0.25, -0.2) is 0 Å². The summed E-state index contributed by atoms with van der Waals surface area (Å²) in [4.78, 5) is 0. The standard InChI is InChI=1S/C49H30N2/c1-2-11-34(12-3-1)50-46-24-21-30(31-20-23-39-41-18-9-17-40-38-14-6-7-19-45(38)51(49(40)41)48(39)29-31)26-43(46)44-28-33(22-25-47(44)50)36-15-8-16-37-35-13-5-4-10-32(35)27-42(36)37/h1-26,28-29H,27H2. The lowest BCUT2D eigenvalue weighted by atomic mass is 9.94. The first kappa shape index (κ1) is 27.2. The van der Waals surface area contributed by atoms with Crippen molar-refractivity contribution in [3.05, 3.63) is 181 Å². The van der Waals surface area contributed by atoms with Crippen molar-refractivity contribution in [1.29, 1.82) is 0 Å². The summed E-state index contributed by atoms with van der Waals surface area (Å²) in [5.74, 6) is 0. The summed E-state index contributed by atoms with van der Waals surface area (Å²) in [6.45, 7) is 0. The quantitative estimate of drug-likeness (QED) is 0.181. The highest BCUT2D eigenvalue weighted by atomic mass is 15.0. The van der Waals surface area contributed by atoms with Gasteiger partial charge in [-0.2, -0.15) is 0 Å². The van der Waals surface area contributed by atoms with Crippen molar-refractivity contribution in [2.75, 3.05) is 0 Å². The van der Waals surface area contributed by atoms with E-state index in [1.807, 2.05) is 0 Å². The van der Waals surface area contributed by atoms with Gasteiger partial charge in [0.25, 0.3) is 0 Å². The van der Waals surface area contributed by atoms with Crippen LogP contribution in [0.15, 0.2) is 170 Å². The molecule has 0 aliphatic heterocycles. The van der Waals surface area contributed by atoms with Crippen LogP contribution in [0.5, 0.6) is 0 Å². The second-order valence-electron chi connectivity index (χ2n) is 14.1.